The standard InChI is InChI=1S/C18H21FN2O2S/c19-16-5-1-2-6-17(16)23-12-11-20-7-9-21(10-8-20)18(22)14-15-4-3-13-24-15/h1-6,13H,7-12,14H2. The van der Waals surface area contributed by atoms with Crippen LogP contribution in [0.2, 0.25) is 0 Å². The van der Waals surface area contributed by atoms with E-state index in [4.69, 9.17) is 4.74 Å². The third-order valence-electron chi connectivity index (χ3n) is 4.13. The summed E-state index contributed by atoms with van der Waals surface area (Å²) in [6.07, 6.45) is 0.494. The van der Waals surface area contributed by atoms with E-state index in [1.165, 1.54) is 6.07 Å². The molecule has 0 aliphatic carbocycles. The van der Waals surface area contributed by atoms with Gasteiger partial charge >= 0.3 is 0 Å². The largest absolute Gasteiger partial charge is 0.489 e. The van der Waals surface area contributed by atoms with E-state index in [9.17, 15) is 9.18 Å². The Labute approximate surface area is 145 Å². The van der Waals surface area contributed by atoms with E-state index in [1.54, 1.807) is 29.5 Å². The Balaban J connectivity index is 1.37. The van der Waals surface area contributed by atoms with Crippen LogP contribution in [0.4, 0.5) is 4.39 Å². The molecule has 0 N–H and O–H groups in total. The lowest BCUT2D eigenvalue weighted by Crippen LogP contribution is -2.49. The van der Waals surface area contributed by atoms with Crippen molar-refractivity contribution in [1.29, 1.82) is 0 Å². The van der Waals surface area contributed by atoms with Gasteiger partial charge in [-0.05, 0) is 23.6 Å². The van der Waals surface area contributed by atoms with Crippen LogP contribution in [0.1, 0.15) is 4.88 Å². The molecule has 6 heteroatoms. The molecule has 1 aromatic heterocycles. The van der Waals surface area contributed by atoms with Gasteiger partial charge in [-0.15, -0.1) is 11.3 Å². The molecule has 2 aromatic rings. The first-order valence-corrected chi connectivity index (χ1v) is 9.00. The summed E-state index contributed by atoms with van der Waals surface area (Å²) in [6.45, 7) is 4.33. The fourth-order valence-electron chi connectivity index (χ4n) is 2.74. The number of thiophene rings is 1. The van der Waals surface area contributed by atoms with Gasteiger partial charge in [0, 0.05) is 37.6 Å². The lowest BCUT2D eigenvalue weighted by molar-refractivity contribution is -0.132. The summed E-state index contributed by atoms with van der Waals surface area (Å²) >= 11 is 1.62. The van der Waals surface area contributed by atoms with Gasteiger partial charge in [0.15, 0.2) is 11.6 Å². The van der Waals surface area contributed by atoms with Crippen LogP contribution in [0.5, 0.6) is 5.75 Å². The van der Waals surface area contributed by atoms with E-state index in [0.717, 1.165) is 37.6 Å². The fraction of sp³-hybridized carbons (Fsp3) is 0.389. The maximum absolute atomic E-state index is 13.5. The highest BCUT2D eigenvalue weighted by Crippen LogP contribution is 2.15. The number of carbonyl (C=O) groups is 1. The second kappa shape index (κ2) is 8.26. The van der Waals surface area contributed by atoms with Crippen molar-refractivity contribution in [3.8, 4) is 5.75 Å². The third-order valence-corrected chi connectivity index (χ3v) is 5.01. The van der Waals surface area contributed by atoms with Crippen LogP contribution in [-0.4, -0.2) is 55.0 Å². The van der Waals surface area contributed by atoms with E-state index in [2.05, 4.69) is 4.90 Å². The molecule has 0 spiro atoms. The van der Waals surface area contributed by atoms with Crippen molar-refractivity contribution >= 4 is 17.2 Å². The number of halogens is 1. The number of carbonyl (C=O) groups excluding carboxylic acids is 1. The zero-order valence-electron chi connectivity index (χ0n) is 13.5. The number of piperazine rings is 1. The summed E-state index contributed by atoms with van der Waals surface area (Å²) in [7, 11) is 0. The molecular weight excluding hydrogens is 327 g/mol. The Bertz CT molecular complexity index is 655. The first-order chi connectivity index (χ1) is 11.7. The third kappa shape index (κ3) is 4.55. The second-order valence-electron chi connectivity index (χ2n) is 5.76. The molecule has 1 fully saturated rings. The number of hydrogen-bond acceptors (Lipinski definition) is 4. The van der Waals surface area contributed by atoms with Crippen molar-refractivity contribution in [2.75, 3.05) is 39.3 Å². The zero-order chi connectivity index (χ0) is 16.8. The van der Waals surface area contributed by atoms with Gasteiger partial charge in [-0.3, -0.25) is 9.69 Å². The number of nitrogens with zero attached hydrogens (tertiary/aromatic N) is 2. The molecule has 1 saturated heterocycles. The SMILES string of the molecule is O=C(Cc1cccs1)N1CCN(CCOc2ccccc2F)CC1. The van der Waals surface area contributed by atoms with Gasteiger partial charge in [0.05, 0.1) is 6.42 Å². The van der Waals surface area contributed by atoms with Gasteiger partial charge in [-0.1, -0.05) is 18.2 Å². The molecule has 0 unspecified atom stereocenters. The molecule has 1 aromatic carbocycles. The van der Waals surface area contributed by atoms with E-state index >= 15 is 0 Å². The number of ether oxygens (including phenoxy) is 1. The number of rotatable bonds is 6. The predicted octanol–water partition coefficient (Wildman–Crippen LogP) is 2.65. The molecule has 1 aliphatic heterocycles. The maximum atomic E-state index is 13.5. The molecular formula is C18H21FN2O2S. The van der Waals surface area contributed by atoms with Crippen LogP contribution in [-0.2, 0) is 11.2 Å². The van der Waals surface area contributed by atoms with E-state index in [1.807, 2.05) is 22.4 Å². The Morgan fingerprint density at radius 2 is 1.92 bits per heavy atom. The fourth-order valence-corrected chi connectivity index (χ4v) is 3.44. The monoisotopic (exact) mass is 348 g/mol. The summed E-state index contributed by atoms with van der Waals surface area (Å²) < 4.78 is 19.0. The van der Waals surface area contributed by atoms with Crippen LogP contribution in [0.15, 0.2) is 41.8 Å². The molecule has 0 atom stereocenters. The Kier molecular flexibility index (Phi) is 5.82. The number of benzene rings is 1. The smallest absolute Gasteiger partial charge is 0.227 e. The van der Waals surface area contributed by atoms with Crippen molar-refractivity contribution in [3.05, 3.63) is 52.5 Å². The number of amides is 1. The molecule has 1 aliphatic rings. The van der Waals surface area contributed by atoms with Crippen LogP contribution in [0, 0.1) is 5.82 Å². The minimum absolute atomic E-state index is 0.194. The van der Waals surface area contributed by atoms with Gasteiger partial charge in [-0.25, -0.2) is 4.39 Å². The van der Waals surface area contributed by atoms with Gasteiger partial charge in [0.2, 0.25) is 5.91 Å². The summed E-state index contributed by atoms with van der Waals surface area (Å²) in [6, 6.07) is 10.4. The quantitative estimate of drug-likeness (QED) is 0.805. The zero-order valence-corrected chi connectivity index (χ0v) is 14.3. The van der Waals surface area contributed by atoms with Crippen LogP contribution >= 0.6 is 11.3 Å². The van der Waals surface area contributed by atoms with Crippen molar-refractivity contribution in [2.24, 2.45) is 0 Å². The van der Waals surface area contributed by atoms with Gasteiger partial charge in [0.1, 0.15) is 6.61 Å². The van der Waals surface area contributed by atoms with Crippen LogP contribution in [0.3, 0.4) is 0 Å². The molecule has 3 rings (SSSR count). The summed E-state index contributed by atoms with van der Waals surface area (Å²) in [5.41, 5.74) is 0. The second-order valence-corrected chi connectivity index (χ2v) is 6.79. The summed E-state index contributed by atoms with van der Waals surface area (Å²) in [5.74, 6) is 0.156. The van der Waals surface area contributed by atoms with Crippen molar-refractivity contribution in [1.82, 2.24) is 9.80 Å². The van der Waals surface area contributed by atoms with Gasteiger partial charge < -0.3 is 9.64 Å². The lowest BCUT2D eigenvalue weighted by Gasteiger charge is -2.34. The molecule has 2 heterocycles. The predicted molar refractivity (Wildman–Crippen MR) is 92.9 cm³/mol. The molecule has 24 heavy (non-hydrogen) atoms. The summed E-state index contributed by atoms with van der Waals surface area (Å²) in [4.78, 5) is 17.5. The Hall–Kier alpha value is -1.92. The highest BCUT2D eigenvalue weighted by molar-refractivity contribution is 7.10. The molecule has 128 valence electrons. The average molecular weight is 348 g/mol. The Morgan fingerprint density at radius 1 is 1.12 bits per heavy atom. The molecule has 0 saturated carbocycles. The van der Waals surface area contributed by atoms with Gasteiger partial charge in [0.25, 0.3) is 0 Å². The Morgan fingerprint density at radius 3 is 2.62 bits per heavy atom. The lowest BCUT2D eigenvalue weighted by atomic mass is 10.2. The average Bonchev–Trinajstić information content (AvgIpc) is 3.10. The summed E-state index contributed by atoms with van der Waals surface area (Å²) in [5, 5.41) is 2.00. The molecule has 4 nitrogen and oxygen atoms in total. The minimum atomic E-state index is -0.332. The minimum Gasteiger partial charge on any atom is -0.489 e. The molecule has 0 bridgehead atoms. The highest BCUT2D eigenvalue weighted by atomic mass is 32.1. The van der Waals surface area contributed by atoms with Crippen molar-refractivity contribution in [3.63, 3.8) is 0 Å². The maximum Gasteiger partial charge on any atom is 0.227 e. The molecule has 1 amide bonds. The normalized spacial score (nSPS) is 15.5. The van der Waals surface area contributed by atoms with Gasteiger partial charge in [-0.2, -0.15) is 0 Å². The van der Waals surface area contributed by atoms with Crippen LogP contribution < -0.4 is 4.74 Å². The first kappa shape index (κ1) is 16.9. The number of hydrogen-bond donors (Lipinski definition) is 0. The van der Waals surface area contributed by atoms with E-state index in [0.29, 0.717) is 18.8 Å². The highest BCUT2D eigenvalue weighted by Gasteiger charge is 2.21. The van der Waals surface area contributed by atoms with E-state index < -0.39 is 0 Å². The first-order valence-electron chi connectivity index (χ1n) is 8.12. The number of para-hydroxylation sites is 1. The van der Waals surface area contributed by atoms with Crippen molar-refractivity contribution < 1.29 is 13.9 Å². The molecule has 0 radical (unpaired) electrons. The topological polar surface area (TPSA) is 32.8 Å². The van der Waals surface area contributed by atoms with Crippen LogP contribution in [0.25, 0.3) is 0 Å². The van der Waals surface area contributed by atoms with Crippen molar-refractivity contribution in [2.45, 2.75) is 6.42 Å². The van der Waals surface area contributed by atoms with E-state index in [-0.39, 0.29) is 11.7 Å².